The van der Waals surface area contributed by atoms with Crippen LogP contribution in [0.5, 0.6) is 0 Å². The molecule has 0 saturated carbocycles. The minimum atomic E-state index is -0.331. The lowest BCUT2D eigenvalue weighted by Gasteiger charge is -2.17. The summed E-state index contributed by atoms with van der Waals surface area (Å²) in [6.45, 7) is 2.33. The van der Waals surface area contributed by atoms with Gasteiger partial charge in [-0.1, -0.05) is 24.3 Å². The van der Waals surface area contributed by atoms with E-state index in [1.54, 1.807) is 31.0 Å². The van der Waals surface area contributed by atoms with E-state index in [1.807, 2.05) is 12.1 Å². The Hall–Kier alpha value is -1.82. The van der Waals surface area contributed by atoms with Crippen LogP contribution in [-0.4, -0.2) is 46.3 Å². The van der Waals surface area contributed by atoms with Gasteiger partial charge in [-0.2, -0.15) is 12.6 Å². The number of carbonyl (C=O) groups is 2. The van der Waals surface area contributed by atoms with E-state index in [2.05, 4.69) is 12.6 Å². The second kappa shape index (κ2) is 5.66. The largest absolute Gasteiger partial charge is 0.336 e. The van der Waals surface area contributed by atoms with Crippen molar-refractivity contribution in [1.29, 1.82) is 5.41 Å². The third-order valence-corrected chi connectivity index (χ3v) is 3.48. The topological polar surface area (TPSA) is 64.5 Å². The molecule has 0 aromatic heterocycles. The first-order valence-corrected chi connectivity index (χ1v) is 6.83. The van der Waals surface area contributed by atoms with Crippen molar-refractivity contribution in [2.24, 2.45) is 0 Å². The first-order chi connectivity index (χ1) is 9.40. The van der Waals surface area contributed by atoms with Crippen LogP contribution in [0.25, 0.3) is 0 Å². The van der Waals surface area contributed by atoms with Crippen molar-refractivity contribution >= 4 is 30.3 Å². The third-order valence-electron chi connectivity index (χ3n) is 3.25. The Bertz CT molecular complexity index is 554. The smallest absolute Gasteiger partial charge is 0.249 e. The molecular formula is C14H17N3O2S. The molecule has 0 radical (unpaired) electrons. The van der Waals surface area contributed by atoms with Gasteiger partial charge in [-0.25, -0.2) is 0 Å². The molecule has 1 unspecified atom stereocenters. The molecule has 0 bridgehead atoms. The summed E-state index contributed by atoms with van der Waals surface area (Å²) in [6.07, 6.45) is 0. The maximum Gasteiger partial charge on any atom is 0.249 e. The lowest BCUT2D eigenvalue weighted by molar-refractivity contribution is -0.125. The summed E-state index contributed by atoms with van der Waals surface area (Å²) in [5.74, 6) is 0.102. The highest BCUT2D eigenvalue weighted by Crippen LogP contribution is 2.14. The van der Waals surface area contributed by atoms with E-state index in [-0.39, 0.29) is 29.4 Å². The number of Topliss-reactive ketones (excluding diaryl/α,β-unsaturated/α-hetero) is 1. The highest BCUT2D eigenvalue weighted by Gasteiger charge is 2.30. The SMILES string of the molecule is CC(S)C(=O)c1ccc(CN2C(=N)N(C)CC2=O)cc1. The third kappa shape index (κ3) is 2.85. The summed E-state index contributed by atoms with van der Waals surface area (Å²) in [5.41, 5.74) is 1.50. The summed E-state index contributed by atoms with van der Waals surface area (Å²) in [4.78, 5) is 26.5. The Morgan fingerprint density at radius 2 is 2.00 bits per heavy atom. The number of guanidine groups is 1. The van der Waals surface area contributed by atoms with Gasteiger partial charge in [0.05, 0.1) is 18.3 Å². The summed E-state index contributed by atoms with van der Waals surface area (Å²) in [7, 11) is 1.72. The predicted octanol–water partition coefficient (Wildman–Crippen LogP) is 1.40. The number of carbonyl (C=O) groups excluding carboxylic acids is 2. The van der Waals surface area contributed by atoms with Gasteiger partial charge in [-0.15, -0.1) is 0 Å². The number of rotatable bonds is 4. The summed E-state index contributed by atoms with van der Waals surface area (Å²) in [6, 6.07) is 7.08. The molecule has 2 rings (SSSR count). The van der Waals surface area contributed by atoms with E-state index in [1.165, 1.54) is 4.90 Å². The number of ketones is 1. The van der Waals surface area contributed by atoms with Gasteiger partial charge in [0.15, 0.2) is 5.78 Å². The van der Waals surface area contributed by atoms with E-state index < -0.39 is 0 Å². The van der Waals surface area contributed by atoms with Crippen LogP contribution in [0.1, 0.15) is 22.8 Å². The van der Waals surface area contributed by atoms with Crippen LogP contribution >= 0.6 is 12.6 Å². The first kappa shape index (κ1) is 14.6. The minimum absolute atomic E-state index is 0.0235. The van der Waals surface area contributed by atoms with Gasteiger partial charge in [0.2, 0.25) is 11.9 Å². The van der Waals surface area contributed by atoms with E-state index in [4.69, 9.17) is 5.41 Å². The molecule has 20 heavy (non-hydrogen) atoms. The lowest BCUT2D eigenvalue weighted by Crippen LogP contribution is -2.31. The zero-order valence-corrected chi connectivity index (χ0v) is 12.4. The Morgan fingerprint density at radius 3 is 2.45 bits per heavy atom. The fourth-order valence-electron chi connectivity index (χ4n) is 2.05. The van der Waals surface area contributed by atoms with Crippen molar-refractivity contribution in [3.63, 3.8) is 0 Å². The summed E-state index contributed by atoms with van der Waals surface area (Å²) >= 11 is 4.12. The molecule has 1 saturated heterocycles. The zero-order valence-electron chi connectivity index (χ0n) is 11.5. The summed E-state index contributed by atoms with van der Waals surface area (Å²) < 4.78 is 0. The van der Waals surface area contributed by atoms with Crippen LogP contribution in [0, 0.1) is 5.41 Å². The minimum Gasteiger partial charge on any atom is -0.336 e. The van der Waals surface area contributed by atoms with Gasteiger partial charge in [-0.05, 0) is 12.5 Å². The van der Waals surface area contributed by atoms with Gasteiger partial charge in [0, 0.05) is 12.6 Å². The van der Waals surface area contributed by atoms with Crippen LogP contribution in [-0.2, 0) is 11.3 Å². The number of hydrogen-bond donors (Lipinski definition) is 2. The molecule has 1 fully saturated rings. The molecule has 1 N–H and O–H groups in total. The van der Waals surface area contributed by atoms with E-state index in [0.717, 1.165) is 5.56 Å². The van der Waals surface area contributed by atoms with Gasteiger partial charge < -0.3 is 4.90 Å². The predicted molar refractivity (Wildman–Crippen MR) is 80.1 cm³/mol. The highest BCUT2D eigenvalue weighted by atomic mass is 32.1. The average molecular weight is 291 g/mol. The normalized spacial score (nSPS) is 16.8. The molecule has 1 atom stereocenters. The molecular weight excluding hydrogens is 274 g/mol. The second-order valence-electron chi connectivity index (χ2n) is 4.90. The van der Waals surface area contributed by atoms with Crippen LogP contribution in [0.4, 0.5) is 0 Å². The van der Waals surface area contributed by atoms with Crippen LogP contribution in [0.15, 0.2) is 24.3 Å². The molecule has 0 aliphatic carbocycles. The Morgan fingerprint density at radius 1 is 1.40 bits per heavy atom. The van der Waals surface area contributed by atoms with Crippen molar-refractivity contribution in [2.45, 2.75) is 18.7 Å². The van der Waals surface area contributed by atoms with Gasteiger partial charge in [-0.3, -0.25) is 19.9 Å². The first-order valence-electron chi connectivity index (χ1n) is 6.31. The highest BCUT2D eigenvalue weighted by molar-refractivity contribution is 7.81. The van der Waals surface area contributed by atoms with Gasteiger partial charge in [0.1, 0.15) is 0 Å². The fourth-order valence-corrected chi connectivity index (χ4v) is 2.20. The van der Waals surface area contributed by atoms with E-state index >= 15 is 0 Å². The van der Waals surface area contributed by atoms with Gasteiger partial charge in [0.25, 0.3) is 0 Å². The second-order valence-corrected chi connectivity index (χ2v) is 5.67. The summed E-state index contributed by atoms with van der Waals surface area (Å²) in [5, 5.41) is 7.49. The molecule has 106 valence electrons. The fraction of sp³-hybridized carbons (Fsp3) is 0.357. The van der Waals surface area contributed by atoms with Crippen molar-refractivity contribution in [3.05, 3.63) is 35.4 Å². The number of amides is 1. The van der Waals surface area contributed by atoms with Crippen LogP contribution < -0.4 is 0 Å². The Labute approximate surface area is 123 Å². The zero-order chi connectivity index (χ0) is 14.9. The van der Waals surface area contributed by atoms with E-state index in [0.29, 0.717) is 12.1 Å². The van der Waals surface area contributed by atoms with Crippen molar-refractivity contribution in [1.82, 2.24) is 9.80 Å². The van der Waals surface area contributed by atoms with Crippen LogP contribution in [0.3, 0.4) is 0 Å². The van der Waals surface area contributed by atoms with Crippen molar-refractivity contribution in [2.75, 3.05) is 13.6 Å². The molecule has 1 aliphatic heterocycles. The molecule has 1 aromatic carbocycles. The number of nitrogens with zero attached hydrogens (tertiary/aromatic N) is 2. The molecule has 5 nitrogen and oxygen atoms in total. The monoisotopic (exact) mass is 291 g/mol. The lowest BCUT2D eigenvalue weighted by atomic mass is 10.1. The number of hydrogen-bond acceptors (Lipinski definition) is 4. The molecule has 1 aliphatic rings. The van der Waals surface area contributed by atoms with Crippen molar-refractivity contribution < 1.29 is 9.59 Å². The molecule has 6 heteroatoms. The average Bonchev–Trinajstić information content (AvgIpc) is 2.65. The Balaban J connectivity index is 2.10. The molecule has 0 spiro atoms. The number of thiol groups is 1. The molecule has 1 amide bonds. The number of nitrogens with one attached hydrogen (secondary N) is 1. The Kier molecular flexibility index (Phi) is 4.13. The molecule has 1 aromatic rings. The number of benzene rings is 1. The quantitative estimate of drug-likeness (QED) is 0.651. The van der Waals surface area contributed by atoms with Gasteiger partial charge >= 0.3 is 0 Å². The molecule has 1 heterocycles. The standard InChI is InChI=1S/C14H17N3O2S/c1-9(20)13(19)11-5-3-10(4-6-11)7-17-12(18)8-16(2)14(17)15/h3-6,9,15,20H,7-8H2,1-2H3. The number of likely N-dealkylation sites (N-methyl/N-ethyl adjacent to an activating group) is 1. The van der Waals surface area contributed by atoms with E-state index in [9.17, 15) is 9.59 Å². The maximum atomic E-state index is 11.8. The maximum absolute atomic E-state index is 11.8. The van der Waals surface area contributed by atoms with Crippen LogP contribution in [0.2, 0.25) is 0 Å². The van der Waals surface area contributed by atoms with Crippen molar-refractivity contribution in [3.8, 4) is 0 Å².